The van der Waals surface area contributed by atoms with Gasteiger partial charge in [0, 0.05) is 25.6 Å². The van der Waals surface area contributed by atoms with Crippen LogP contribution in [0.15, 0.2) is 23.1 Å². The Bertz CT molecular complexity index is 632. The molecule has 0 saturated heterocycles. The van der Waals surface area contributed by atoms with Crippen LogP contribution in [0.4, 0.5) is 0 Å². The molecule has 0 fully saturated rings. The summed E-state index contributed by atoms with van der Waals surface area (Å²) in [6.45, 7) is 1.58. The van der Waals surface area contributed by atoms with Gasteiger partial charge in [-0.1, -0.05) is 29.9 Å². The van der Waals surface area contributed by atoms with E-state index in [4.69, 9.17) is 29.6 Å². The molecule has 0 heterocycles. The average Bonchev–Trinajstić information content (AvgIpc) is 2.34. The zero-order valence-corrected chi connectivity index (χ0v) is 13.0. The van der Waals surface area contributed by atoms with Crippen LogP contribution >= 0.6 is 23.8 Å². The molecule has 4 N–H and O–H groups in total. The van der Waals surface area contributed by atoms with E-state index in [1.54, 1.807) is 6.07 Å². The molecule has 0 spiro atoms. The average molecular weight is 336 g/mol. The second-order valence-electron chi connectivity index (χ2n) is 3.89. The van der Waals surface area contributed by atoms with Gasteiger partial charge in [0.1, 0.15) is 9.88 Å². The Morgan fingerprint density at radius 1 is 1.40 bits per heavy atom. The number of sulfonamides is 1. The summed E-state index contributed by atoms with van der Waals surface area (Å²) in [5.41, 5.74) is 5.87. The first kappa shape index (κ1) is 16.8. The Balaban J connectivity index is 2.89. The molecule has 6 nitrogen and oxygen atoms in total. The Hall–Kier alpha value is -1.22. The zero-order valence-electron chi connectivity index (χ0n) is 10.6. The molecule has 9 heteroatoms. The molecule has 0 aliphatic carbocycles. The number of halogens is 1. The van der Waals surface area contributed by atoms with Crippen LogP contribution in [-0.4, -0.2) is 32.4 Å². The predicted molar refractivity (Wildman–Crippen MR) is 81.2 cm³/mol. The first-order valence-electron chi connectivity index (χ1n) is 5.57. The van der Waals surface area contributed by atoms with E-state index in [0.29, 0.717) is 5.56 Å². The lowest BCUT2D eigenvalue weighted by molar-refractivity contribution is -0.118. The zero-order chi connectivity index (χ0) is 15.3. The minimum atomic E-state index is -3.79. The lowest BCUT2D eigenvalue weighted by atomic mass is 10.2. The van der Waals surface area contributed by atoms with E-state index in [2.05, 4.69) is 10.0 Å². The third-order valence-corrected chi connectivity index (χ3v) is 4.47. The topological polar surface area (TPSA) is 101 Å². The molecule has 0 saturated carbocycles. The van der Waals surface area contributed by atoms with Crippen molar-refractivity contribution in [2.75, 3.05) is 13.1 Å². The fourth-order valence-corrected chi connectivity index (χ4v) is 3.05. The van der Waals surface area contributed by atoms with Crippen molar-refractivity contribution in [3.05, 3.63) is 28.8 Å². The fraction of sp³-hybridized carbons (Fsp3) is 0.273. The lowest BCUT2D eigenvalue weighted by Crippen LogP contribution is -2.33. The van der Waals surface area contributed by atoms with E-state index < -0.39 is 10.0 Å². The molecule has 0 aromatic heterocycles. The van der Waals surface area contributed by atoms with Gasteiger partial charge in [0.2, 0.25) is 15.9 Å². The highest BCUT2D eigenvalue weighted by Crippen LogP contribution is 2.22. The van der Waals surface area contributed by atoms with E-state index in [9.17, 15) is 13.2 Å². The number of amides is 1. The van der Waals surface area contributed by atoms with Crippen molar-refractivity contribution in [1.82, 2.24) is 10.0 Å². The Morgan fingerprint density at radius 2 is 2.05 bits per heavy atom. The molecule has 20 heavy (non-hydrogen) atoms. The molecule has 0 unspecified atom stereocenters. The van der Waals surface area contributed by atoms with Gasteiger partial charge in [-0.2, -0.15) is 0 Å². The molecule has 1 aromatic carbocycles. The molecule has 0 atom stereocenters. The van der Waals surface area contributed by atoms with Gasteiger partial charge in [-0.25, -0.2) is 13.1 Å². The van der Waals surface area contributed by atoms with Crippen LogP contribution in [-0.2, 0) is 14.8 Å². The second-order valence-corrected chi connectivity index (χ2v) is 6.47. The minimum Gasteiger partial charge on any atom is -0.389 e. The predicted octanol–water partition coefficient (Wildman–Crippen LogP) is 0.389. The van der Waals surface area contributed by atoms with E-state index in [1.807, 2.05) is 0 Å². The third-order valence-electron chi connectivity index (χ3n) is 2.30. The summed E-state index contributed by atoms with van der Waals surface area (Å²) >= 11 is 10.7. The summed E-state index contributed by atoms with van der Waals surface area (Å²) in [5, 5.41) is 2.54. The van der Waals surface area contributed by atoms with E-state index >= 15 is 0 Å². The summed E-state index contributed by atoms with van der Waals surface area (Å²) in [7, 11) is -3.79. The summed E-state index contributed by atoms with van der Waals surface area (Å²) in [6.07, 6.45) is 0. The van der Waals surface area contributed by atoms with Gasteiger partial charge >= 0.3 is 0 Å². The van der Waals surface area contributed by atoms with E-state index in [0.717, 1.165) is 0 Å². The highest BCUT2D eigenvalue weighted by molar-refractivity contribution is 7.89. The monoisotopic (exact) mass is 335 g/mol. The fourth-order valence-electron chi connectivity index (χ4n) is 1.36. The maximum Gasteiger partial charge on any atom is 0.242 e. The van der Waals surface area contributed by atoms with Crippen molar-refractivity contribution in [3.63, 3.8) is 0 Å². The van der Waals surface area contributed by atoms with Gasteiger partial charge in [0.05, 0.1) is 5.02 Å². The molecule has 1 aromatic rings. The SMILES string of the molecule is CC(=O)NCCNS(=O)(=O)c1cc(C(N)=S)ccc1Cl. The first-order valence-corrected chi connectivity index (χ1v) is 7.84. The van der Waals surface area contributed by atoms with Gasteiger partial charge < -0.3 is 11.1 Å². The highest BCUT2D eigenvalue weighted by atomic mass is 35.5. The van der Waals surface area contributed by atoms with Crippen molar-refractivity contribution >= 4 is 44.7 Å². The minimum absolute atomic E-state index is 0.0511. The number of benzene rings is 1. The third kappa shape index (κ3) is 4.71. The van der Waals surface area contributed by atoms with Gasteiger partial charge in [0.15, 0.2) is 0 Å². The van der Waals surface area contributed by atoms with E-state index in [-0.39, 0.29) is 33.9 Å². The lowest BCUT2D eigenvalue weighted by Gasteiger charge is -2.10. The van der Waals surface area contributed by atoms with Gasteiger partial charge in [-0.3, -0.25) is 4.79 Å². The molecule has 0 radical (unpaired) electrons. The number of carbonyl (C=O) groups is 1. The quantitative estimate of drug-likeness (QED) is 0.515. The molecule has 0 aliphatic heterocycles. The summed E-state index contributed by atoms with van der Waals surface area (Å²) in [5.74, 6) is -0.238. The molecule has 0 aliphatic rings. The maximum atomic E-state index is 12.1. The van der Waals surface area contributed by atoms with Crippen LogP contribution in [0.1, 0.15) is 12.5 Å². The largest absolute Gasteiger partial charge is 0.389 e. The van der Waals surface area contributed by atoms with Crippen LogP contribution in [0, 0.1) is 0 Å². The first-order chi connectivity index (χ1) is 9.24. The molecule has 110 valence electrons. The van der Waals surface area contributed by atoms with Crippen LogP contribution in [0.5, 0.6) is 0 Å². The van der Waals surface area contributed by atoms with Crippen molar-refractivity contribution in [2.45, 2.75) is 11.8 Å². The number of hydrogen-bond acceptors (Lipinski definition) is 4. The second kappa shape index (κ2) is 6.98. The number of nitrogens with one attached hydrogen (secondary N) is 2. The van der Waals surface area contributed by atoms with Crippen LogP contribution < -0.4 is 15.8 Å². The molecular weight excluding hydrogens is 322 g/mol. The smallest absolute Gasteiger partial charge is 0.242 e. The van der Waals surface area contributed by atoms with Crippen LogP contribution in [0.25, 0.3) is 0 Å². The Labute approximate surface area is 127 Å². The van der Waals surface area contributed by atoms with E-state index in [1.165, 1.54) is 19.1 Å². The van der Waals surface area contributed by atoms with Crippen molar-refractivity contribution in [2.24, 2.45) is 5.73 Å². The Kier molecular flexibility index (Phi) is 5.88. The number of carbonyl (C=O) groups excluding carboxylic acids is 1. The highest BCUT2D eigenvalue weighted by Gasteiger charge is 2.18. The van der Waals surface area contributed by atoms with Crippen molar-refractivity contribution in [1.29, 1.82) is 0 Å². The normalized spacial score (nSPS) is 11.1. The number of nitrogens with two attached hydrogens (primary N) is 1. The van der Waals surface area contributed by atoms with Gasteiger partial charge in [0.25, 0.3) is 0 Å². The molecule has 1 amide bonds. The molecular formula is C11H14ClN3O3S2. The Morgan fingerprint density at radius 3 is 2.60 bits per heavy atom. The van der Waals surface area contributed by atoms with Crippen molar-refractivity contribution in [3.8, 4) is 0 Å². The van der Waals surface area contributed by atoms with Crippen LogP contribution in [0.2, 0.25) is 5.02 Å². The van der Waals surface area contributed by atoms with Crippen molar-refractivity contribution < 1.29 is 13.2 Å². The maximum absolute atomic E-state index is 12.1. The molecule has 0 bridgehead atoms. The number of hydrogen-bond donors (Lipinski definition) is 3. The number of rotatable bonds is 6. The number of thiocarbonyl (C=S) groups is 1. The summed E-state index contributed by atoms with van der Waals surface area (Å²) in [6, 6.07) is 4.27. The van der Waals surface area contributed by atoms with Gasteiger partial charge in [-0.05, 0) is 12.1 Å². The van der Waals surface area contributed by atoms with Crippen LogP contribution in [0.3, 0.4) is 0 Å². The summed E-state index contributed by atoms with van der Waals surface area (Å²) in [4.78, 5) is 10.6. The standard InChI is InChI=1S/C11H14ClN3O3S2/c1-7(16)14-4-5-15-20(17,18)10-6-8(11(13)19)2-3-9(10)12/h2-3,6,15H,4-5H2,1H3,(H2,13,19)(H,14,16). The molecule has 1 rings (SSSR count). The summed E-state index contributed by atoms with van der Waals surface area (Å²) < 4.78 is 26.5. The van der Waals surface area contributed by atoms with Gasteiger partial charge in [-0.15, -0.1) is 0 Å².